The SMILES string of the molecule is O=C(O)CCC/C=C\C[C@@H]1[C@@H](/C=C/[C@@H](O)COc2cccc(Cl)c2)[C@H](O)CC[C@@H]1O. The lowest BCUT2D eigenvalue weighted by Gasteiger charge is -2.37. The van der Waals surface area contributed by atoms with Gasteiger partial charge in [-0.2, -0.15) is 0 Å². The molecular weight excluding hydrogens is 408 g/mol. The van der Waals surface area contributed by atoms with Crippen molar-refractivity contribution in [3.05, 3.63) is 53.6 Å². The maximum atomic E-state index is 10.5. The van der Waals surface area contributed by atoms with Gasteiger partial charge in [0.25, 0.3) is 0 Å². The van der Waals surface area contributed by atoms with Crippen molar-refractivity contribution in [3.8, 4) is 5.75 Å². The molecule has 0 heterocycles. The molecule has 0 bridgehead atoms. The summed E-state index contributed by atoms with van der Waals surface area (Å²) in [6, 6.07) is 6.92. The van der Waals surface area contributed by atoms with Crippen LogP contribution in [0.4, 0.5) is 0 Å². The molecule has 1 aromatic carbocycles. The van der Waals surface area contributed by atoms with Crippen LogP contribution in [0.1, 0.15) is 38.5 Å². The third kappa shape index (κ3) is 8.48. The number of aliphatic hydroxyl groups excluding tert-OH is 3. The second kappa shape index (κ2) is 12.7. The molecule has 30 heavy (non-hydrogen) atoms. The number of aliphatic carboxylic acids is 1. The van der Waals surface area contributed by atoms with Crippen LogP contribution in [0.5, 0.6) is 5.75 Å². The van der Waals surface area contributed by atoms with E-state index in [1.807, 2.05) is 12.2 Å². The highest BCUT2D eigenvalue weighted by Gasteiger charge is 2.35. The van der Waals surface area contributed by atoms with Crippen LogP contribution in [0.25, 0.3) is 0 Å². The van der Waals surface area contributed by atoms with Gasteiger partial charge >= 0.3 is 5.97 Å². The number of carbonyl (C=O) groups is 1. The summed E-state index contributed by atoms with van der Waals surface area (Å²) in [5.74, 6) is -0.689. The largest absolute Gasteiger partial charge is 0.491 e. The number of halogens is 1. The zero-order valence-corrected chi connectivity index (χ0v) is 17.7. The summed E-state index contributed by atoms with van der Waals surface area (Å²) in [7, 11) is 0. The lowest BCUT2D eigenvalue weighted by atomic mass is 9.73. The second-order valence-corrected chi connectivity index (χ2v) is 8.10. The van der Waals surface area contributed by atoms with Crippen LogP contribution >= 0.6 is 11.6 Å². The first-order valence-corrected chi connectivity index (χ1v) is 10.7. The Bertz CT molecular complexity index is 719. The van der Waals surface area contributed by atoms with Gasteiger partial charge in [0.15, 0.2) is 0 Å². The minimum atomic E-state index is -0.859. The summed E-state index contributed by atoms with van der Waals surface area (Å²) in [6.45, 7) is 0.0519. The predicted molar refractivity (Wildman–Crippen MR) is 116 cm³/mol. The Morgan fingerprint density at radius 3 is 2.73 bits per heavy atom. The van der Waals surface area contributed by atoms with Gasteiger partial charge in [-0.05, 0) is 56.2 Å². The number of allylic oxidation sites excluding steroid dienone is 2. The number of hydrogen-bond donors (Lipinski definition) is 4. The van der Waals surface area contributed by atoms with Gasteiger partial charge in [-0.3, -0.25) is 4.79 Å². The Balaban J connectivity index is 1.88. The summed E-state index contributed by atoms with van der Waals surface area (Å²) in [5, 5.41) is 40.3. The van der Waals surface area contributed by atoms with E-state index in [1.54, 1.807) is 36.4 Å². The molecule has 0 amide bonds. The highest BCUT2D eigenvalue weighted by Crippen LogP contribution is 2.34. The molecule has 1 aromatic rings. The molecule has 0 radical (unpaired) electrons. The van der Waals surface area contributed by atoms with Crippen molar-refractivity contribution >= 4 is 17.6 Å². The Hall–Kier alpha value is -1.86. The standard InChI is InChI=1S/C23H31ClO6/c24-16-6-5-7-18(14-16)30-15-17(25)10-11-20-19(21(26)12-13-22(20)27)8-3-1-2-4-9-23(28)29/h1,3,5-7,10-11,14,17,19-22,25-27H,2,4,8-9,12-13,15H2,(H,28,29)/b3-1-,11-10+/t17-,19-,20-,21+,22-/m1/s1. The summed E-state index contributed by atoms with van der Waals surface area (Å²) >= 11 is 5.91. The maximum absolute atomic E-state index is 10.5. The van der Waals surface area contributed by atoms with Crippen molar-refractivity contribution in [3.63, 3.8) is 0 Å². The number of benzene rings is 1. The molecule has 1 aliphatic carbocycles. The van der Waals surface area contributed by atoms with Gasteiger partial charge in [-0.1, -0.05) is 42.0 Å². The lowest BCUT2D eigenvalue weighted by molar-refractivity contribution is -0.137. The molecule has 5 atom stereocenters. The fraction of sp³-hybridized carbons (Fsp3) is 0.522. The Kier molecular flexibility index (Phi) is 10.4. The molecule has 2 rings (SSSR count). The minimum Gasteiger partial charge on any atom is -0.491 e. The van der Waals surface area contributed by atoms with Crippen LogP contribution in [0.3, 0.4) is 0 Å². The molecule has 1 aliphatic rings. The first-order valence-electron chi connectivity index (χ1n) is 10.3. The van der Waals surface area contributed by atoms with Gasteiger partial charge in [0.05, 0.1) is 12.2 Å². The van der Waals surface area contributed by atoms with Gasteiger partial charge in [0, 0.05) is 17.4 Å². The number of unbranched alkanes of at least 4 members (excludes halogenated alkanes) is 1. The van der Waals surface area contributed by atoms with Crippen LogP contribution in [0.2, 0.25) is 5.02 Å². The lowest BCUT2D eigenvalue weighted by Crippen LogP contribution is -2.40. The summed E-state index contributed by atoms with van der Waals surface area (Å²) in [4.78, 5) is 10.5. The van der Waals surface area contributed by atoms with Gasteiger partial charge in [-0.25, -0.2) is 0 Å². The minimum absolute atomic E-state index is 0.0519. The predicted octanol–water partition coefficient (Wildman–Crippen LogP) is 3.59. The van der Waals surface area contributed by atoms with Gasteiger partial charge < -0.3 is 25.2 Å². The summed E-state index contributed by atoms with van der Waals surface area (Å²) < 4.78 is 5.53. The van der Waals surface area contributed by atoms with Gasteiger partial charge in [0.2, 0.25) is 0 Å². The van der Waals surface area contributed by atoms with Gasteiger partial charge in [0.1, 0.15) is 18.5 Å². The molecule has 0 saturated heterocycles. The number of hydrogen-bond acceptors (Lipinski definition) is 5. The molecule has 7 heteroatoms. The van der Waals surface area contributed by atoms with Crippen LogP contribution in [0.15, 0.2) is 48.6 Å². The zero-order chi connectivity index (χ0) is 21.9. The third-order valence-electron chi connectivity index (χ3n) is 5.30. The quantitative estimate of drug-likeness (QED) is 0.310. The summed E-state index contributed by atoms with van der Waals surface area (Å²) in [5.41, 5.74) is 0. The van der Waals surface area contributed by atoms with E-state index in [2.05, 4.69) is 0 Å². The Morgan fingerprint density at radius 2 is 2.00 bits per heavy atom. The molecule has 6 nitrogen and oxygen atoms in total. The van der Waals surface area contributed by atoms with E-state index in [1.165, 1.54) is 0 Å². The maximum Gasteiger partial charge on any atom is 0.303 e. The molecule has 0 unspecified atom stereocenters. The van der Waals surface area contributed by atoms with E-state index in [0.29, 0.717) is 42.9 Å². The normalized spacial score (nSPS) is 25.6. The Morgan fingerprint density at radius 1 is 1.23 bits per heavy atom. The van der Waals surface area contributed by atoms with Crippen LogP contribution in [0, 0.1) is 11.8 Å². The number of carboxylic acids is 1. The molecule has 1 saturated carbocycles. The number of ether oxygens (including phenoxy) is 1. The van der Waals surface area contributed by atoms with E-state index >= 15 is 0 Å². The zero-order valence-electron chi connectivity index (χ0n) is 16.9. The Labute approximate surface area is 182 Å². The van der Waals surface area contributed by atoms with Crippen molar-refractivity contribution < 1.29 is 30.0 Å². The summed E-state index contributed by atoms with van der Waals surface area (Å²) in [6.07, 6.45) is 8.23. The second-order valence-electron chi connectivity index (χ2n) is 7.67. The topological polar surface area (TPSA) is 107 Å². The molecule has 0 aliphatic heterocycles. The van der Waals surface area contributed by atoms with Crippen molar-refractivity contribution in [1.82, 2.24) is 0 Å². The van der Waals surface area contributed by atoms with Crippen LogP contribution in [-0.2, 0) is 4.79 Å². The first-order chi connectivity index (χ1) is 14.4. The number of aliphatic hydroxyl groups is 3. The third-order valence-corrected chi connectivity index (χ3v) is 5.53. The van der Waals surface area contributed by atoms with E-state index in [9.17, 15) is 20.1 Å². The fourth-order valence-corrected chi connectivity index (χ4v) is 3.85. The fourth-order valence-electron chi connectivity index (χ4n) is 3.67. The molecule has 0 spiro atoms. The van der Waals surface area contributed by atoms with E-state index < -0.39 is 24.3 Å². The highest BCUT2D eigenvalue weighted by molar-refractivity contribution is 6.30. The van der Waals surface area contributed by atoms with E-state index in [4.69, 9.17) is 21.4 Å². The smallest absolute Gasteiger partial charge is 0.303 e. The van der Waals surface area contributed by atoms with Crippen LogP contribution in [-0.4, -0.2) is 51.3 Å². The molecule has 0 aromatic heterocycles. The monoisotopic (exact) mass is 438 g/mol. The number of rotatable bonds is 11. The first kappa shape index (κ1) is 24.4. The number of carboxylic acid groups (broad SMARTS) is 1. The van der Waals surface area contributed by atoms with Crippen LogP contribution < -0.4 is 4.74 Å². The molecule has 166 valence electrons. The molecule has 1 fully saturated rings. The van der Waals surface area contributed by atoms with E-state index in [-0.39, 0.29) is 24.9 Å². The van der Waals surface area contributed by atoms with Crippen molar-refractivity contribution in [2.45, 2.75) is 56.8 Å². The van der Waals surface area contributed by atoms with Crippen molar-refractivity contribution in [2.24, 2.45) is 11.8 Å². The molecule has 4 N–H and O–H groups in total. The molecular formula is C23H31ClO6. The van der Waals surface area contributed by atoms with Crippen molar-refractivity contribution in [1.29, 1.82) is 0 Å². The average molecular weight is 439 g/mol. The van der Waals surface area contributed by atoms with Gasteiger partial charge in [-0.15, -0.1) is 0 Å². The average Bonchev–Trinajstić information content (AvgIpc) is 2.70. The van der Waals surface area contributed by atoms with E-state index in [0.717, 1.165) is 0 Å². The highest BCUT2D eigenvalue weighted by atomic mass is 35.5. The van der Waals surface area contributed by atoms with Crippen molar-refractivity contribution in [2.75, 3.05) is 6.61 Å².